The second kappa shape index (κ2) is 10.8. The molecule has 0 amide bonds. The lowest BCUT2D eigenvalue weighted by Gasteiger charge is -2.40. The third kappa shape index (κ3) is 7.51. The summed E-state index contributed by atoms with van der Waals surface area (Å²) in [6.45, 7) is 12.2. The maximum Gasteiger partial charge on any atom is 0.416 e. The Labute approximate surface area is 172 Å². The van der Waals surface area contributed by atoms with Crippen molar-refractivity contribution >= 4 is 5.96 Å². The van der Waals surface area contributed by atoms with Gasteiger partial charge in [0.2, 0.25) is 0 Å². The van der Waals surface area contributed by atoms with Gasteiger partial charge in [0.1, 0.15) is 0 Å². The van der Waals surface area contributed by atoms with Crippen molar-refractivity contribution in [1.82, 2.24) is 20.4 Å². The second-order valence-electron chi connectivity index (χ2n) is 7.92. The molecular weight excluding hydrogens is 379 g/mol. The first-order valence-corrected chi connectivity index (χ1v) is 10.3. The summed E-state index contributed by atoms with van der Waals surface area (Å²) < 4.78 is 38.7. The largest absolute Gasteiger partial charge is 0.416 e. The molecule has 29 heavy (non-hydrogen) atoms. The molecular formula is C21H34F3N5. The first kappa shape index (κ1) is 23.5. The molecule has 1 unspecified atom stereocenters. The van der Waals surface area contributed by atoms with E-state index in [1.807, 2.05) is 6.92 Å². The topological polar surface area (TPSA) is 42.9 Å². The summed E-state index contributed by atoms with van der Waals surface area (Å²) in [4.78, 5) is 9.34. The zero-order chi connectivity index (χ0) is 21.4. The van der Waals surface area contributed by atoms with Crippen LogP contribution in [0.15, 0.2) is 29.3 Å². The van der Waals surface area contributed by atoms with Crippen molar-refractivity contribution in [3.05, 3.63) is 35.4 Å². The van der Waals surface area contributed by atoms with Crippen LogP contribution in [0.3, 0.4) is 0 Å². The standard InChI is InChI=1S/C21H34F3N5/c1-5-25-20(26-14-17-7-6-8-18(13-17)21(22,23)24)27-15-19(16(2)3)29-11-9-28(4)10-12-29/h6-8,13,16,19H,5,9-12,14-15H2,1-4H3,(H2,25,26,27). The molecule has 164 valence electrons. The number of likely N-dealkylation sites (N-methyl/N-ethyl adjacent to an activating group) is 1. The van der Waals surface area contributed by atoms with Crippen molar-refractivity contribution in [3.63, 3.8) is 0 Å². The van der Waals surface area contributed by atoms with Gasteiger partial charge in [0.25, 0.3) is 0 Å². The minimum atomic E-state index is -4.34. The average Bonchev–Trinajstić information content (AvgIpc) is 2.67. The summed E-state index contributed by atoms with van der Waals surface area (Å²) in [5.41, 5.74) is -0.102. The molecule has 1 aliphatic rings. The SMILES string of the molecule is CCNC(=NCc1cccc(C(F)(F)F)c1)NCC(C(C)C)N1CCN(C)CC1. The van der Waals surface area contributed by atoms with E-state index in [4.69, 9.17) is 0 Å². The van der Waals surface area contributed by atoms with Gasteiger partial charge in [0, 0.05) is 45.3 Å². The monoisotopic (exact) mass is 413 g/mol. The molecule has 0 bridgehead atoms. The van der Waals surface area contributed by atoms with E-state index in [1.165, 1.54) is 6.07 Å². The van der Waals surface area contributed by atoms with Gasteiger partial charge in [0.05, 0.1) is 12.1 Å². The number of rotatable bonds is 7. The number of halogens is 3. The number of nitrogens with zero attached hydrogens (tertiary/aromatic N) is 3. The van der Waals surface area contributed by atoms with Crippen LogP contribution >= 0.6 is 0 Å². The Morgan fingerprint density at radius 3 is 2.41 bits per heavy atom. The van der Waals surface area contributed by atoms with Crippen LogP contribution < -0.4 is 10.6 Å². The summed E-state index contributed by atoms with van der Waals surface area (Å²) in [6.07, 6.45) is -4.34. The third-order valence-corrected chi connectivity index (χ3v) is 5.27. The molecule has 8 heteroatoms. The summed E-state index contributed by atoms with van der Waals surface area (Å²) in [5.74, 6) is 1.11. The maximum absolute atomic E-state index is 12.9. The molecule has 1 aromatic carbocycles. The van der Waals surface area contributed by atoms with E-state index >= 15 is 0 Å². The van der Waals surface area contributed by atoms with E-state index < -0.39 is 11.7 Å². The molecule has 1 aliphatic heterocycles. The first-order valence-electron chi connectivity index (χ1n) is 10.3. The lowest BCUT2D eigenvalue weighted by molar-refractivity contribution is -0.137. The van der Waals surface area contributed by atoms with E-state index in [0.29, 0.717) is 30.0 Å². The average molecular weight is 414 g/mol. The predicted octanol–water partition coefficient (Wildman–Crippen LogP) is 3.03. The smallest absolute Gasteiger partial charge is 0.357 e. The number of piperazine rings is 1. The second-order valence-corrected chi connectivity index (χ2v) is 7.92. The fraction of sp³-hybridized carbons (Fsp3) is 0.667. The maximum atomic E-state index is 12.9. The summed E-state index contributed by atoms with van der Waals surface area (Å²) >= 11 is 0. The highest BCUT2D eigenvalue weighted by atomic mass is 19.4. The predicted molar refractivity (Wildman–Crippen MR) is 112 cm³/mol. The van der Waals surface area contributed by atoms with Crippen LogP contribution in [0.2, 0.25) is 0 Å². The van der Waals surface area contributed by atoms with Gasteiger partial charge in [-0.05, 0) is 37.6 Å². The number of hydrogen-bond donors (Lipinski definition) is 2. The highest BCUT2D eigenvalue weighted by molar-refractivity contribution is 5.79. The number of aliphatic imine (C=N–C) groups is 1. The molecule has 0 radical (unpaired) electrons. The molecule has 1 heterocycles. The molecule has 1 aromatic rings. The van der Waals surface area contributed by atoms with Crippen LogP contribution in [0.1, 0.15) is 31.9 Å². The molecule has 1 saturated heterocycles. The Balaban J connectivity index is 2.01. The molecule has 0 aromatic heterocycles. The Morgan fingerprint density at radius 1 is 1.14 bits per heavy atom. The van der Waals surface area contributed by atoms with E-state index in [0.717, 1.165) is 44.9 Å². The van der Waals surface area contributed by atoms with Crippen molar-refractivity contribution in [2.24, 2.45) is 10.9 Å². The Bertz CT molecular complexity index is 652. The Hall–Kier alpha value is -1.80. The number of benzene rings is 1. The van der Waals surface area contributed by atoms with Crippen molar-refractivity contribution in [1.29, 1.82) is 0 Å². The van der Waals surface area contributed by atoms with E-state index in [9.17, 15) is 13.2 Å². The number of nitrogens with one attached hydrogen (secondary N) is 2. The van der Waals surface area contributed by atoms with Crippen molar-refractivity contribution in [3.8, 4) is 0 Å². The number of alkyl halides is 3. The van der Waals surface area contributed by atoms with E-state index in [1.54, 1.807) is 6.07 Å². The zero-order valence-electron chi connectivity index (χ0n) is 17.9. The third-order valence-electron chi connectivity index (χ3n) is 5.27. The van der Waals surface area contributed by atoms with Gasteiger partial charge in [-0.1, -0.05) is 26.0 Å². The molecule has 0 aliphatic carbocycles. The fourth-order valence-electron chi connectivity index (χ4n) is 3.50. The minimum Gasteiger partial charge on any atom is -0.357 e. The van der Waals surface area contributed by atoms with Crippen LogP contribution in [0.25, 0.3) is 0 Å². The lowest BCUT2D eigenvalue weighted by atomic mass is 10.0. The molecule has 2 rings (SSSR count). The summed E-state index contributed by atoms with van der Waals surface area (Å²) in [6, 6.07) is 5.72. The van der Waals surface area contributed by atoms with Crippen LogP contribution in [0.5, 0.6) is 0 Å². The van der Waals surface area contributed by atoms with E-state index in [-0.39, 0.29) is 6.54 Å². The molecule has 1 fully saturated rings. The number of hydrogen-bond acceptors (Lipinski definition) is 3. The Kier molecular flexibility index (Phi) is 8.77. The lowest BCUT2D eigenvalue weighted by Crippen LogP contribution is -2.55. The normalized spacial score (nSPS) is 18.1. The van der Waals surface area contributed by atoms with Gasteiger partial charge in [-0.15, -0.1) is 0 Å². The van der Waals surface area contributed by atoms with Gasteiger partial charge in [-0.25, -0.2) is 4.99 Å². The highest BCUT2D eigenvalue weighted by Gasteiger charge is 2.30. The molecule has 2 N–H and O–H groups in total. The highest BCUT2D eigenvalue weighted by Crippen LogP contribution is 2.29. The van der Waals surface area contributed by atoms with Crippen LogP contribution in [0.4, 0.5) is 13.2 Å². The van der Waals surface area contributed by atoms with Crippen molar-refractivity contribution in [2.75, 3.05) is 46.3 Å². The molecule has 5 nitrogen and oxygen atoms in total. The minimum absolute atomic E-state index is 0.195. The van der Waals surface area contributed by atoms with Crippen LogP contribution in [-0.2, 0) is 12.7 Å². The van der Waals surface area contributed by atoms with E-state index in [2.05, 4.69) is 46.3 Å². The first-order chi connectivity index (χ1) is 13.7. The number of guanidine groups is 1. The van der Waals surface area contributed by atoms with Gasteiger partial charge >= 0.3 is 6.18 Å². The van der Waals surface area contributed by atoms with Crippen molar-refractivity contribution < 1.29 is 13.2 Å². The quantitative estimate of drug-likeness (QED) is 0.533. The molecule has 1 atom stereocenters. The van der Waals surface area contributed by atoms with Crippen molar-refractivity contribution in [2.45, 2.75) is 39.5 Å². The molecule has 0 saturated carbocycles. The molecule has 0 spiro atoms. The van der Waals surface area contributed by atoms with Gasteiger partial charge < -0.3 is 15.5 Å². The van der Waals surface area contributed by atoms with Crippen LogP contribution in [-0.4, -0.2) is 68.1 Å². The Morgan fingerprint density at radius 2 is 1.83 bits per heavy atom. The fourth-order valence-corrected chi connectivity index (χ4v) is 3.50. The zero-order valence-corrected chi connectivity index (χ0v) is 17.9. The van der Waals surface area contributed by atoms with Crippen LogP contribution in [0, 0.1) is 5.92 Å². The summed E-state index contributed by atoms with van der Waals surface area (Å²) in [5, 5.41) is 6.58. The summed E-state index contributed by atoms with van der Waals surface area (Å²) in [7, 11) is 2.14. The van der Waals surface area contributed by atoms with Gasteiger partial charge in [-0.2, -0.15) is 13.2 Å². The van der Waals surface area contributed by atoms with Gasteiger partial charge in [0.15, 0.2) is 5.96 Å². The van der Waals surface area contributed by atoms with Gasteiger partial charge in [-0.3, -0.25) is 4.90 Å².